The average molecular weight is 349 g/mol. The van der Waals surface area contributed by atoms with Gasteiger partial charge in [0.05, 0.1) is 0 Å². The van der Waals surface area contributed by atoms with E-state index in [4.69, 9.17) is 4.74 Å². The first-order valence-corrected chi connectivity index (χ1v) is 7.53. The van der Waals surface area contributed by atoms with Crippen LogP contribution in [0.15, 0.2) is 51.9 Å². The highest BCUT2D eigenvalue weighted by Gasteiger charge is 2.11. The molecule has 3 nitrogen and oxygen atoms in total. The first kappa shape index (κ1) is 14.1. The second-order valence-corrected chi connectivity index (χ2v) is 5.63. The minimum absolute atomic E-state index is 0.206. The second kappa shape index (κ2) is 6.26. The molecule has 0 radical (unpaired) electrons. The van der Waals surface area contributed by atoms with Crippen LogP contribution in [0.25, 0.3) is 0 Å². The smallest absolute Gasteiger partial charge is 0.166 e. The number of ether oxygens (including phenoxy) is 1. The van der Waals surface area contributed by atoms with Gasteiger partial charge in [-0.2, -0.15) is 0 Å². The Balaban J connectivity index is 1.81. The van der Waals surface area contributed by atoms with Crippen LogP contribution >= 0.6 is 15.9 Å². The highest BCUT2D eigenvalue weighted by Crippen LogP contribution is 2.26. The van der Waals surface area contributed by atoms with Crippen molar-refractivity contribution in [3.8, 4) is 11.5 Å². The highest BCUT2D eigenvalue weighted by atomic mass is 79.9. The van der Waals surface area contributed by atoms with E-state index in [0.717, 1.165) is 35.4 Å². The maximum atomic E-state index is 14.2. The van der Waals surface area contributed by atoms with Crippen molar-refractivity contribution in [2.24, 2.45) is 4.99 Å². The van der Waals surface area contributed by atoms with Gasteiger partial charge in [0.2, 0.25) is 0 Å². The minimum atomic E-state index is -0.398. The van der Waals surface area contributed by atoms with E-state index in [1.165, 1.54) is 6.07 Å². The number of rotatable bonds is 3. The second-order valence-electron chi connectivity index (χ2n) is 4.71. The molecule has 5 heteroatoms. The molecule has 0 unspecified atom stereocenters. The maximum absolute atomic E-state index is 14.2. The fraction of sp³-hybridized carbons (Fsp3) is 0.188. The molecule has 0 fully saturated rings. The minimum Gasteiger partial charge on any atom is -0.454 e. The molecule has 0 bridgehead atoms. The summed E-state index contributed by atoms with van der Waals surface area (Å²) >= 11 is 3.35. The van der Waals surface area contributed by atoms with Gasteiger partial charge in [0.15, 0.2) is 11.6 Å². The first-order valence-electron chi connectivity index (χ1n) is 6.74. The fourth-order valence-corrected chi connectivity index (χ4v) is 2.35. The maximum Gasteiger partial charge on any atom is 0.166 e. The van der Waals surface area contributed by atoms with Gasteiger partial charge in [-0.3, -0.25) is 4.99 Å². The van der Waals surface area contributed by atoms with Gasteiger partial charge in [0.1, 0.15) is 11.6 Å². The molecule has 0 saturated heterocycles. The standard InChI is InChI=1S/C16H14BrFN2O/c17-12-3-5-13(6-4-12)21-15-7-2-11(10-14(15)18)16-19-8-1-9-20-16/h2-7,10H,1,8-9H2,(H,19,20). The van der Waals surface area contributed by atoms with Crippen LogP contribution in [-0.4, -0.2) is 18.9 Å². The molecule has 1 aliphatic heterocycles. The Morgan fingerprint density at radius 3 is 2.62 bits per heavy atom. The summed E-state index contributed by atoms with van der Waals surface area (Å²) in [7, 11) is 0. The Kier molecular flexibility index (Phi) is 4.20. The van der Waals surface area contributed by atoms with Crippen molar-refractivity contribution in [1.82, 2.24) is 5.32 Å². The van der Waals surface area contributed by atoms with E-state index in [2.05, 4.69) is 26.2 Å². The van der Waals surface area contributed by atoms with Gasteiger partial charge in [-0.15, -0.1) is 0 Å². The summed E-state index contributed by atoms with van der Waals surface area (Å²) in [4.78, 5) is 4.36. The largest absolute Gasteiger partial charge is 0.454 e. The highest BCUT2D eigenvalue weighted by molar-refractivity contribution is 9.10. The molecular formula is C16H14BrFN2O. The molecular weight excluding hydrogens is 335 g/mol. The lowest BCUT2D eigenvalue weighted by atomic mass is 10.1. The quantitative estimate of drug-likeness (QED) is 0.904. The van der Waals surface area contributed by atoms with E-state index in [1.54, 1.807) is 18.2 Å². The Labute approximate surface area is 131 Å². The van der Waals surface area contributed by atoms with Crippen LogP contribution in [0.3, 0.4) is 0 Å². The van der Waals surface area contributed by atoms with Crippen LogP contribution in [0.2, 0.25) is 0 Å². The monoisotopic (exact) mass is 348 g/mol. The molecule has 0 aromatic heterocycles. The normalized spacial score (nSPS) is 14.3. The van der Waals surface area contributed by atoms with Crippen molar-refractivity contribution in [2.75, 3.05) is 13.1 Å². The molecule has 21 heavy (non-hydrogen) atoms. The van der Waals surface area contributed by atoms with Crippen LogP contribution < -0.4 is 10.1 Å². The van der Waals surface area contributed by atoms with Gasteiger partial charge in [-0.05, 0) is 48.9 Å². The zero-order valence-electron chi connectivity index (χ0n) is 11.3. The van der Waals surface area contributed by atoms with Crippen molar-refractivity contribution in [2.45, 2.75) is 6.42 Å². The molecule has 2 aromatic rings. The van der Waals surface area contributed by atoms with Crippen molar-refractivity contribution >= 4 is 21.8 Å². The predicted octanol–water partition coefficient (Wildman–Crippen LogP) is 4.12. The Morgan fingerprint density at radius 2 is 1.95 bits per heavy atom. The SMILES string of the molecule is Fc1cc(C2=NCCCN2)ccc1Oc1ccc(Br)cc1. The van der Waals surface area contributed by atoms with Crippen molar-refractivity contribution in [3.05, 3.63) is 58.3 Å². The zero-order valence-corrected chi connectivity index (χ0v) is 12.9. The summed E-state index contributed by atoms with van der Waals surface area (Å²) in [6, 6.07) is 12.2. The number of nitrogens with zero attached hydrogens (tertiary/aromatic N) is 1. The molecule has 108 valence electrons. The van der Waals surface area contributed by atoms with E-state index >= 15 is 0 Å². The number of benzene rings is 2. The van der Waals surface area contributed by atoms with Crippen LogP contribution in [0.4, 0.5) is 4.39 Å². The van der Waals surface area contributed by atoms with Gasteiger partial charge in [-0.1, -0.05) is 15.9 Å². The van der Waals surface area contributed by atoms with Crippen LogP contribution in [0, 0.1) is 5.82 Å². The molecule has 0 atom stereocenters. The van der Waals surface area contributed by atoms with Gasteiger partial charge >= 0.3 is 0 Å². The number of aliphatic imine (C=N–C) groups is 1. The van der Waals surface area contributed by atoms with Gasteiger partial charge in [-0.25, -0.2) is 4.39 Å². The van der Waals surface area contributed by atoms with E-state index < -0.39 is 5.82 Å². The lowest BCUT2D eigenvalue weighted by Gasteiger charge is -2.15. The summed E-state index contributed by atoms with van der Waals surface area (Å²) in [5.41, 5.74) is 0.746. The van der Waals surface area contributed by atoms with E-state index in [0.29, 0.717) is 5.75 Å². The van der Waals surface area contributed by atoms with Crippen LogP contribution in [-0.2, 0) is 0 Å². The van der Waals surface area contributed by atoms with Crippen molar-refractivity contribution in [3.63, 3.8) is 0 Å². The Bertz CT molecular complexity index is 670. The molecule has 0 aliphatic carbocycles. The van der Waals surface area contributed by atoms with Gasteiger partial charge in [0, 0.05) is 23.1 Å². The third kappa shape index (κ3) is 3.42. The number of amidine groups is 1. The molecule has 1 aliphatic rings. The Morgan fingerprint density at radius 1 is 1.14 bits per heavy atom. The zero-order chi connectivity index (χ0) is 14.7. The molecule has 0 spiro atoms. The predicted molar refractivity (Wildman–Crippen MR) is 84.6 cm³/mol. The van der Waals surface area contributed by atoms with Crippen molar-refractivity contribution in [1.29, 1.82) is 0 Å². The number of hydrogen-bond donors (Lipinski definition) is 1. The molecule has 0 amide bonds. The van der Waals surface area contributed by atoms with Crippen molar-refractivity contribution < 1.29 is 9.13 Å². The van der Waals surface area contributed by atoms with Crippen LogP contribution in [0.1, 0.15) is 12.0 Å². The molecule has 2 aromatic carbocycles. The van der Waals surface area contributed by atoms with Gasteiger partial charge < -0.3 is 10.1 Å². The van der Waals surface area contributed by atoms with E-state index in [1.807, 2.05) is 18.2 Å². The van der Waals surface area contributed by atoms with Crippen LogP contribution in [0.5, 0.6) is 11.5 Å². The lowest BCUT2D eigenvalue weighted by molar-refractivity contribution is 0.442. The molecule has 0 saturated carbocycles. The average Bonchev–Trinajstić information content (AvgIpc) is 2.52. The summed E-state index contributed by atoms with van der Waals surface area (Å²) in [6.45, 7) is 1.65. The lowest BCUT2D eigenvalue weighted by Crippen LogP contribution is -2.30. The third-order valence-corrected chi connectivity index (χ3v) is 3.67. The van der Waals surface area contributed by atoms with E-state index in [-0.39, 0.29) is 5.75 Å². The fourth-order valence-electron chi connectivity index (χ4n) is 2.09. The number of halogens is 2. The number of hydrogen-bond acceptors (Lipinski definition) is 3. The summed E-state index contributed by atoms with van der Waals surface area (Å²) in [5, 5.41) is 3.18. The Hall–Kier alpha value is -1.88. The van der Waals surface area contributed by atoms with Gasteiger partial charge in [0.25, 0.3) is 0 Å². The molecule has 1 heterocycles. The molecule has 1 N–H and O–H groups in total. The topological polar surface area (TPSA) is 33.6 Å². The molecule has 3 rings (SSSR count). The summed E-state index contributed by atoms with van der Waals surface area (Å²) < 4.78 is 20.7. The van der Waals surface area contributed by atoms with E-state index in [9.17, 15) is 4.39 Å². The number of nitrogens with one attached hydrogen (secondary N) is 1. The third-order valence-electron chi connectivity index (χ3n) is 3.14. The summed E-state index contributed by atoms with van der Waals surface area (Å²) in [6.07, 6.45) is 1.01. The summed E-state index contributed by atoms with van der Waals surface area (Å²) in [5.74, 6) is 1.15. The first-order chi connectivity index (χ1) is 10.2.